The molecule has 0 amide bonds. The van der Waals surface area contributed by atoms with Gasteiger partial charge in [0.2, 0.25) is 0 Å². The van der Waals surface area contributed by atoms with E-state index in [-0.39, 0.29) is 0 Å². The molecule has 0 bridgehead atoms. The molecule has 110 valence electrons. The minimum atomic E-state index is -0.627. The average Bonchev–Trinajstić information content (AvgIpc) is 2.47. The van der Waals surface area contributed by atoms with Crippen LogP contribution in [0.15, 0.2) is 48.7 Å². The van der Waals surface area contributed by atoms with Crippen molar-refractivity contribution in [3.05, 3.63) is 71.6 Å². The van der Waals surface area contributed by atoms with E-state index >= 15 is 0 Å². The van der Waals surface area contributed by atoms with Crippen LogP contribution in [-0.4, -0.2) is 9.97 Å². The van der Waals surface area contributed by atoms with Gasteiger partial charge in [0, 0.05) is 17.2 Å². The van der Waals surface area contributed by atoms with E-state index in [0.717, 1.165) is 28.6 Å². The second kappa shape index (κ2) is 5.64. The lowest BCUT2D eigenvalue weighted by Crippen LogP contribution is -1.97. The molecule has 3 aromatic rings. The van der Waals surface area contributed by atoms with Crippen LogP contribution in [0.3, 0.4) is 0 Å². The molecule has 2 aromatic carbocycles. The predicted octanol–water partition coefficient (Wildman–Crippen LogP) is 4.71. The monoisotopic (exact) mass is 296 g/mol. The van der Waals surface area contributed by atoms with Gasteiger partial charge in [-0.25, -0.2) is 13.8 Å². The molecule has 0 unspecified atom stereocenters. The van der Waals surface area contributed by atoms with Gasteiger partial charge in [-0.2, -0.15) is 0 Å². The first-order chi connectivity index (χ1) is 10.5. The Morgan fingerprint density at radius 2 is 1.59 bits per heavy atom. The molecular formula is C18H14F2N2. The van der Waals surface area contributed by atoms with Crippen LogP contribution in [0.4, 0.5) is 8.78 Å². The Bertz CT molecular complexity index is 824. The molecule has 0 N–H and O–H groups in total. The molecule has 0 saturated heterocycles. The van der Waals surface area contributed by atoms with E-state index in [1.54, 1.807) is 6.20 Å². The summed E-state index contributed by atoms with van der Waals surface area (Å²) >= 11 is 0. The number of hydrogen-bond donors (Lipinski definition) is 0. The Morgan fingerprint density at radius 1 is 0.909 bits per heavy atom. The third-order valence-corrected chi connectivity index (χ3v) is 3.51. The molecule has 1 heterocycles. The fourth-order valence-electron chi connectivity index (χ4n) is 2.43. The molecule has 4 heteroatoms. The summed E-state index contributed by atoms with van der Waals surface area (Å²) in [4.78, 5) is 8.88. The van der Waals surface area contributed by atoms with Gasteiger partial charge < -0.3 is 0 Å². The first-order valence-electron chi connectivity index (χ1n) is 6.91. The van der Waals surface area contributed by atoms with Gasteiger partial charge in [0.1, 0.15) is 11.6 Å². The standard InChI is InChI=1S/C18H14F2N2/c1-11-5-3-4-6-16(11)18-12(2)22-17(10-21-18)13-7-14(19)9-15(20)8-13/h3-10H,1-2H3. The topological polar surface area (TPSA) is 25.8 Å². The lowest BCUT2D eigenvalue weighted by atomic mass is 10.0. The van der Waals surface area contributed by atoms with Crippen molar-refractivity contribution in [3.8, 4) is 22.5 Å². The molecular weight excluding hydrogens is 282 g/mol. The van der Waals surface area contributed by atoms with E-state index in [1.807, 2.05) is 38.1 Å². The summed E-state index contributed by atoms with van der Waals surface area (Å²) < 4.78 is 26.6. The molecule has 0 radical (unpaired) electrons. The summed E-state index contributed by atoms with van der Waals surface area (Å²) in [5.74, 6) is -1.25. The Kier molecular flexibility index (Phi) is 3.67. The number of hydrogen-bond acceptors (Lipinski definition) is 2. The van der Waals surface area contributed by atoms with Crippen LogP contribution in [0.5, 0.6) is 0 Å². The van der Waals surface area contributed by atoms with Crippen LogP contribution in [0.25, 0.3) is 22.5 Å². The summed E-state index contributed by atoms with van der Waals surface area (Å²) in [6.45, 7) is 3.85. The van der Waals surface area contributed by atoms with Gasteiger partial charge in [0.15, 0.2) is 0 Å². The first kappa shape index (κ1) is 14.3. The summed E-state index contributed by atoms with van der Waals surface area (Å²) in [6.07, 6.45) is 1.54. The maximum absolute atomic E-state index is 13.3. The molecule has 0 fully saturated rings. The Morgan fingerprint density at radius 3 is 2.23 bits per heavy atom. The molecule has 0 spiro atoms. The molecule has 0 aliphatic carbocycles. The van der Waals surface area contributed by atoms with Crippen molar-refractivity contribution in [2.75, 3.05) is 0 Å². The lowest BCUT2D eigenvalue weighted by Gasteiger charge is -2.09. The van der Waals surface area contributed by atoms with Crippen LogP contribution >= 0.6 is 0 Å². The zero-order valence-corrected chi connectivity index (χ0v) is 12.3. The minimum absolute atomic E-state index is 0.379. The minimum Gasteiger partial charge on any atom is -0.252 e. The Labute approximate surface area is 127 Å². The summed E-state index contributed by atoms with van der Waals surface area (Å²) in [5.41, 5.74) is 4.43. The summed E-state index contributed by atoms with van der Waals surface area (Å²) in [5, 5.41) is 0. The Balaban J connectivity index is 2.08. The molecule has 0 aliphatic heterocycles. The highest BCUT2D eigenvalue weighted by atomic mass is 19.1. The van der Waals surface area contributed by atoms with Crippen molar-refractivity contribution >= 4 is 0 Å². The van der Waals surface area contributed by atoms with E-state index in [4.69, 9.17) is 0 Å². The van der Waals surface area contributed by atoms with Crippen LogP contribution in [0, 0.1) is 25.5 Å². The van der Waals surface area contributed by atoms with Gasteiger partial charge in [-0.1, -0.05) is 24.3 Å². The maximum atomic E-state index is 13.3. The molecule has 2 nitrogen and oxygen atoms in total. The molecule has 0 aliphatic rings. The highest BCUT2D eigenvalue weighted by Crippen LogP contribution is 2.26. The molecule has 3 rings (SSSR count). The van der Waals surface area contributed by atoms with E-state index in [1.165, 1.54) is 12.1 Å². The maximum Gasteiger partial charge on any atom is 0.126 e. The van der Waals surface area contributed by atoms with Gasteiger partial charge in [0.25, 0.3) is 0 Å². The smallest absolute Gasteiger partial charge is 0.126 e. The van der Waals surface area contributed by atoms with Crippen LogP contribution in [0.1, 0.15) is 11.3 Å². The van der Waals surface area contributed by atoms with Gasteiger partial charge in [0.05, 0.1) is 23.3 Å². The van der Waals surface area contributed by atoms with E-state index in [9.17, 15) is 8.78 Å². The molecule has 22 heavy (non-hydrogen) atoms. The van der Waals surface area contributed by atoms with Crippen molar-refractivity contribution < 1.29 is 8.78 Å². The summed E-state index contributed by atoms with van der Waals surface area (Å²) in [6, 6.07) is 11.2. The van der Waals surface area contributed by atoms with Crippen molar-refractivity contribution in [1.82, 2.24) is 9.97 Å². The van der Waals surface area contributed by atoms with Gasteiger partial charge >= 0.3 is 0 Å². The quantitative estimate of drug-likeness (QED) is 0.684. The largest absolute Gasteiger partial charge is 0.252 e. The number of aryl methyl sites for hydroxylation is 2. The van der Waals surface area contributed by atoms with Crippen molar-refractivity contribution in [2.24, 2.45) is 0 Å². The second-order valence-corrected chi connectivity index (χ2v) is 5.16. The van der Waals surface area contributed by atoms with Crippen molar-refractivity contribution in [3.63, 3.8) is 0 Å². The predicted molar refractivity (Wildman–Crippen MR) is 82.3 cm³/mol. The Hall–Kier alpha value is -2.62. The van der Waals surface area contributed by atoms with Crippen molar-refractivity contribution in [1.29, 1.82) is 0 Å². The van der Waals surface area contributed by atoms with E-state index in [0.29, 0.717) is 11.3 Å². The number of halogens is 2. The molecule has 0 saturated carbocycles. The van der Waals surface area contributed by atoms with Gasteiger partial charge in [-0.15, -0.1) is 0 Å². The van der Waals surface area contributed by atoms with E-state index in [2.05, 4.69) is 9.97 Å². The van der Waals surface area contributed by atoms with Crippen LogP contribution in [0.2, 0.25) is 0 Å². The normalized spacial score (nSPS) is 10.7. The third kappa shape index (κ3) is 2.72. The van der Waals surface area contributed by atoms with Gasteiger partial charge in [-0.3, -0.25) is 4.98 Å². The number of aromatic nitrogens is 2. The SMILES string of the molecule is Cc1ccccc1-c1ncc(-c2cc(F)cc(F)c2)nc1C. The van der Waals surface area contributed by atoms with Gasteiger partial charge in [-0.05, 0) is 31.5 Å². The van der Waals surface area contributed by atoms with Crippen LogP contribution < -0.4 is 0 Å². The zero-order chi connectivity index (χ0) is 15.7. The fraction of sp³-hybridized carbons (Fsp3) is 0.111. The number of rotatable bonds is 2. The third-order valence-electron chi connectivity index (χ3n) is 3.51. The fourth-order valence-corrected chi connectivity index (χ4v) is 2.43. The van der Waals surface area contributed by atoms with Crippen molar-refractivity contribution in [2.45, 2.75) is 13.8 Å². The summed E-state index contributed by atoms with van der Waals surface area (Å²) in [7, 11) is 0. The number of nitrogens with zero attached hydrogens (tertiary/aromatic N) is 2. The highest BCUT2D eigenvalue weighted by molar-refractivity contribution is 5.67. The second-order valence-electron chi connectivity index (χ2n) is 5.16. The lowest BCUT2D eigenvalue weighted by molar-refractivity contribution is 0.584. The first-order valence-corrected chi connectivity index (χ1v) is 6.91. The molecule has 1 aromatic heterocycles. The average molecular weight is 296 g/mol. The van der Waals surface area contributed by atoms with Crippen LogP contribution in [-0.2, 0) is 0 Å². The zero-order valence-electron chi connectivity index (χ0n) is 12.3. The molecule has 0 atom stereocenters. The van der Waals surface area contributed by atoms with E-state index < -0.39 is 11.6 Å². The number of benzene rings is 2. The highest BCUT2D eigenvalue weighted by Gasteiger charge is 2.11.